The van der Waals surface area contributed by atoms with Crippen molar-refractivity contribution in [2.75, 3.05) is 46.2 Å². The molecule has 2 heterocycles. The van der Waals surface area contributed by atoms with Crippen LogP contribution >= 0.6 is 11.8 Å². The van der Waals surface area contributed by atoms with Crippen molar-refractivity contribution < 1.29 is 14.3 Å². The number of nitrogens with zero attached hydrogens (tertiary/aromatic N) is 4. The first-order valence-corrected chi connectivity index (χ1v) is 12.4. The lowest BCUT2D eigenvalue weighted by molar-refractivity contribution is -0.130. The molecule has 180 valence electrons. The fourth-order valence-electron chi connectivity index (χ4n) is 4.28. The van der Waals surface area contributed by atoms with Crippen molar-refractivity contribution in [3.05, 3.63) is 60.2 Å². The Morgan fingerprint density at radius 3 is 2.53 bits per heavy atom. The Morgan fingerprint density at radius 2 is 1.82 bits per heavy atom. The van der Waals surface area contributed by atoms with Gasteiger partial charge in [-0.3, -0.25) is 9.69 Å². The number of aryl methyl sites for hydroxylation is 1. The quantitative estimate of drug-likeness (QED) is 0.341. The van der Waals surface area contributed by atoms with Crippen LogP contribution in [0.5, 0.6) is 11.5 Å². The van der Waals surface area contributed by atoms with Crippen LogP contribution in [-0.4, -0.2) is 71.4 Å². The van der Waals surface area contributed by atoms with Gasteiger partial charge >= 0.3 is 0 Å². The fourth-order valence-corrected chi connectivity index (χ4v) is 5.20. The first kappa shape index (κ1) is 24.2. The van der Waals surface area contributed by atoms with Gasteiger partial charge < -0.3 is 18.9 Å². The van der Waals surface area contributed by atoms with E-state index in [2.05, 4.69) is 35.1 Å². The Labute approximate surface area is 205 Å². The Hall–Kier alpha value is -2.97. The molecule has 34 heavy (non-hydrogen) atoms. The van der Waals surface area contributed by atoms with Gasteiger partial charge in [-0.2, -0.15) is 0 Å². The summed E-state index contributed by atoms with van der Waals surface area (Å²) < 4.78 is 13.0. The Kier molecular flexibility index (Phi) is 7.80. The SMILES string of the molecule is C=CCn1c(SCC(=O)N2CCN(Cc3cc(OC)c(OC)cc3C)CC2)nc2ccccc21. The molecular weight excluding hydrogens is 448 g/mol. The zero-order valence-electron chi connectivity index (χ0n) is 20.1. The summed E-state index contributed by atoms with van der Waals surface area (Å²) in [6.07, 6.45) is 1.86. The van der Waals surface area contributed by atoms with Crippen LogP contribution in [0.4, 0.5) is 0 Å². The van der Waals surface area contributed by atoms with E-state index in [4.69, 9.17) is 14.5 Å². The van der Waals surface area contributed by atoms with Crippen LogP contribution in [0.1, 0.15) is 11.1 Å². The Balaban J connectivity index is 1.33. The van der Waals surface area contributed by atoms with Crippen LogP contribution < -0.4 is 9.47 Å². The number of hydrogen-bond donors (Lipinski definition) is 0. The third kappa shape index (κ3) is 5.23. The first-order chi connectivity index (χ1) is 16.5. The van der Waals surface area contributed by atoms with E-state index >= 15 is 0 Å². The third-order valence-corrected chi connectivity index (χ3v) is 7.18. The molecule has 0 aliphatic carbocycles. The summed E-state index contributed by atoms with van der Waals surface area (Å²) in [5, 5.41) is 0.858. The molecule has 7 nitrogen and oxygen atoms in total. The summed E-state index contributed by atoms with van der Waals surface area (Å²) in [5.41, 5.74) is 4.40. The maximum atomic E-state index is 12.9. The molecule has 0 unspecified atom stereocenters. The van der Waals surface area contributed by atoms with Gasteiger partial charge in [0, 0.05) is 39.3 Å². The number of amides is 1. The summed E-state index contributed by atoms with van der Waals surface area (Å²) in [4.78, 5) is 22.0. The second-order valence-electron chi connectivity index (χ2n) is 8.36. The summed E-state index contributed by atoms with van der Waals surface area (Å²) in [7, 11) is 3.31. The van der Waals surface area contributed by atoms with E-state index in [0.29, 0.717) is 12.3 Å². The molecule has 1 fully saturated rings. The lowest BCUT2D eigenvalue weighted by Gasteiger charge is -2.35. The topological polar surface area (TPSA) is 59.8 Å². The van der Waals surface area contributed by atoms with Crippen LogP contribution in [0.15, 0.2) is 54.2 Å². The van der Waals surface area contributed by atoms with Crippen molar-refractivity contribution in [2.24, 2.45) is 0 Å². The summed E-state index contributed by atoms with van der Waals surface area (Å²) >= 11 is 1.50. The predicted octanol–water partition coefficient (Wildman–Crippen LogP) is 3.98. The molecule has 0 N–H and O–H groups in total. The summed E-state index contributed by atoms with van der Waals surface area (Å²) in [5.74, 6) is 2.04. The normalized spacial score (nSPS) is 14.4. The minimum Gasteiger partial charge on any atom is -0.493 e. The number of carbonyl (C=O) groups excluding carboxylic acids is 1. The van der Waals surface area contributed by atoms with Gasteiger partial charge in [-0.05, 0) is 42.3 Å². The number of allylic oxidation sites excluding steroid dienone is 1. The number of methoxy groups -OCH3 is 2. The van der Waals surface area contributed by atoms with Crippen molar-refractivity contribution in [3.63, 3.8) is 0 Å². The molecule has 1 aliphatic rings. The maximum Gasteiger partial charge on any atom is 0.233 e. The number of aromatic nitrogens is 2. The number of benzene rings is 2. The summed E-state index contributed by atoms with van der Waals surface area (Å²) in [6.45, 7) is 10.6. The zero-order valence-corrected chi connectivity index (χ0v) is 20.9. The number of piperazine rings is 1. The van der Waals surface area contributed by atoms with Crippen LogP contribution in [0, 0.1) is 6.92 Å². The number of carbonyl (C=O) groups is 1. The lowest BCUT2D eigenvalue weighted by Crippen LogP contribution is -2.48. The highest BCUT2D eigenvalue weighted by Crippen LogP contribution is 2.31. The maximum absolute atomic E-state index is 12.9. The van der Waals surface area contributed by atoms with Crippen LogP contribution in [0.3, 0.4) is 0 Å². The molecule has 1 aromatic heterocycles. The van der Waals surface area contributed by atoms with Gasteiger partial charge in [0.15, 0.2) is 16.7 Å². The lowest BCUT2D eigenvalue weighted by atomic mass is 10.1. The zero-order chi connectivity index (χ0) is 24.1. The average Bonchev–Trinajstić information content (AvgIpc) is 3.21. The van der Waals surface area contributed by atoms with E-state index in [-0.39, 0.29) is 5.91 Å². The number of para-hydroxylation sites is 2. The molecule has 2 aromatic carbocycles. The standard InChI is InChI=1S/C26H32N4O3S/c1-5-10-30-22-9-7-6-8-21(22)27-26(30)34-18-25(31)29-13-11-28(12-14-29)17-20-16-24(33-4)23(32-3)15-19(20)2/h5-9,15-16H,1,10-14,17-18H2,2-4H3. The number of hydrogen-bond acceptors (Lipinski definition) is 6. The molecule has 3 aromatic rings. The number of ether oxygens (including phenoxy) is 2. The van der Waals surface area contributed by atoms with Gasteiger partial charge in [0.25, 0.3) is 0 Å². The highest BCUT2D eigenvalue weighted by Gasteiger charge is 2.23. The van der Waals surface area contributed by atoms with Crippen LogP contribution in [-0.2, 0) is 17.9 Å². The number of thioether (sulfide) groups is 1. The minimum absolute atomic E-state index is 0.157. The van der Waals surface area contributed by atoms with Gasteiger partial charge in [0.05, 0.1) is 31.0 Å². The van der Waals surface area contributed by atoms with Crippen molar-refractivity contribution >= 4 is 28.7 Å². The minimum atomic E-state index is 0.157. The Morgan fingerprint density at radius 1 is 1.12 bits per heavy atom. The van der Waals surface area contributed by atoms with Gasteiger partial charge in [-0.15, -0.1) is 6.58 Å². The van der Waals surface area contributed by atoms with Crippen LogP contribution in [0.25, 0.3) is 11.0 Å². The average molecular weight is 481 g/mol. The highest BCUT2D eigenvalue weighted by molar-refractivity contribution is 7.99. The van der Waals surface area contributed by atoms with E-state index in [1.165, 1.54) is 22.9 Å². The molecule has 0 atom stereocenters. The van der Waals surface area contributed by atoms with Crippen LogP contribution in [0.2, 0.25) is 0 Å². The molecule has 8 heteroatoms. The molecular formula is C26H32N4O3S. The van der Waals surface area contributed by atoms with E-state index in [1.54, 1.807) is 14.2 Å². The van der Waals surface area contributed by atoms with Crippen molar-refractivity contribution in [2.45, 2.75) is 25.2 Å². The van der Waals surface area contributed by atoms with Crippen molar-refractivity contribution in [1.82, 2.24) is 19.4 Å². The molecule has 0 bridgehead atoms. The fraction of sp³-hybridized carbons (Fsp3) is 0.385. The van der Waals surface area contributed by atoms with E-state index in [1.807, 2.05) is 35.2 Å². The van der Waals surface area contributed by atoms with E-state index in [0.717, 1.165) is 60.4 Å². The van der Waals surface area contributed by atoms with E-state index < -0.39 is 0 Å². The number of rotatable bonds is 9. The van der Waals surface area contributed by atoms with E-state index in [9.17, 15) is 4.79 Å². The second-order valence-corrected chi connectivity index (χ2v) is 9.30. The highest BCUT2D eigenvalue weighted by atomic mass is 32.2. The third-order valence-electron chi connectivity index (χ3n) is 6.22. The molecule has 1 amide bonds. The molecule has 0 saturated carbocycles. The Bertz CT molecular complexity index is 1170. The molecule has 0 spiro atoms. The van der Waals surface area contributed by atoms with Crippen molar-refractivity contribution in [1.29, 1.82) is 0 Å². The summed E-state index contributed by atoms with van der Waals surface area (Å²) in [6, 6.07) is 12.1. The monoisotopic (exact) mass is 480 g/mol. The predicted molar refractivity (Wildman–Crippen MR) is 137 cm³/mol. The van der Waals surface area contributed by atoms with Gasteiger partial charge in [-0.25, -0.2) is 4.98 Å². The van der Waals surface area contributed by atoms with Gasteiger partial charge in [0.1, 0.15) is 0 Å². The number of imidazole rings is 1. The second kappa shape index (κ2) is 11.0. The van der Waals surface area contributed by atoms with Gasteiger partial charge in [0.2, 0.25) is 5.91 Å². The number of fused-ring (bicyclic) bond motifs is 1. The smallest absolute Gasteiger partial charge is 0.233 e. The van der Waals surface area contributed by atoms with Crippen molar-refractivity contribution in [3.8, 4) is 11.5 Å². The first-order valence-electron chi connectivity index (χ1n) is 11.4. The molecule has 1 saturated heterocycles. The molecule has 1 aliphatic heterocycles. The largest absolute Gasteiger partial charge is 0.493 e. The molecule has 0 radical (unpaired) electrons. The molecule has 4 rings (SSSR count). The van der Waals surface area contributed by atoms with Gasteiger partial charge in [-0.1, -0.05) is 30.0 Å².